The highest BCUT2D eigenvalue weighted by molar-refractivity contribution is 7.17. The van der Waals surface area contributed by atoms with E-state index in [4.69, 9.17) is 4.42 Å². The number of carbonyl (C=O) groups is 2. The second-order valence-electron chi connectivity index (χ2n) is 8.31. The average molecular weight is 470 g/mol. The minimum absolute atomic E-state index is 0.0193. The molecule has 0 aliphatic carbocycles. The number of amides is 2. The van der Waals surface area contributed by atoms with E-state index < -0.39 is 0 Å². The Morgan fingerprint density at radius 3 is 2.61 bits per heavy atom. The summed E-state index contributed by atoms with van der Waals surface area (Å²) in [6.45, 7) is 6.84. The van der Waals surface area contributed by atoms with Crippen molar-refractivity contribution in [3.63, 3.8) is 0 Å². The fraction of sp³-hybridized carbons (Fsp3) is 0.435. The summed E-state index contributed by atoms with van der Waals surface area (Å²) in [4.78, 5) is 45.2. The lowest BCUT2D eigenvalue weighted by atomic mass is 9.95. The van der Waals surface area contributed by atoms with Gasteiger partial charge in [-0.3, -0.25) is 14.4 Å². The van der Waals surface area contributed by atoms with Gasteiger partial charge in [0.15, 0.2) is 0 Å². The van der Waals surface area contributed by atoms with Crippen LogP contribution in [0, 0.1) is 26.7 Å². The molecule has 1 N–H and O–H groups in total. The van der Waals surface area contributed by atoms with E-state index in [0.717, 1.165) is 11.3 Å². The van der Waals surface area contributed by atoms with E-state index in [1.54, 1.807) is 31.2 Å². The number of hydrogen-bond acceptors (Lipinski definition) is 7. The summed E-state index contributed by atoms with van der Waals surface area (Å²) in [6, 6.07) is 3.60. The number of hydrogen-bond donors (Lipinski definition) is 1. The van der Waals surface area contributed by atoms with Gasteiger partial charge in [-0.1, -0.05) is 0 Å². The molecule has 4 rings (SSSR count). The van der Waals surface area contributed by atoms with Gasteiger partial charge in [-0.2, -0.15) is 5.10 Å². The van der Waals surface area contributed by atoms with E-state index in [9.17, 15) is 14.4 Å². The summed E-state index contributed by atoms with van der Waals surface area (Å²) < 4.78 is 6.55. The number of nitrogens with zero attached hydrogens (tertiary/aromatic N) is 4. The smallest absolute Gasteiger partial charge is 0.277 e. The lowest BCUT2D eigenvalue weighted by Crippen LogP contribution is -2.42. The summed E-state index contributed by atoms with van der Waals surface area (Å²) in [5.41, 5.74) is 2.39. The number of furan rings is 1. The molecule has 4 heterocycles. The number of carbonyl (C=O) groups excluding carboxylic acids is 2. The molecule has 0 saturated carbocycles. The molecule has 1 aliphatic rings. The molecule has 0 bridgehead atoms. The van der Waals surface area contributed by atoms with Crippen LogP contribution < -0.4 is 10.9 Å². The van der Waals surface area contributed by atoms with Crippen molar-refractivity contribution in [2.24, 2.45) is 13.0 Å². The minimum Gasteiger partial charge on any atom is -0.467 e. The molecule has 0 atom stereocenters. The Morgan fingerprint density at radius 2 is 1.94 bits per heavy atom. The van der Waals surface area contributed by atoms with Gasteiger partial charge in [-0.15, -0.1) is 11.3 Å². The van der Waals surface area contributed by atoms with Crippen LogP contribution in [-0.2, 0) is 18.4 Å². The Morgan fingerprint density at radius 1 is 1.21 bits per heavy atom. The van der Waals surface area contributed by atoms with Crippen LogP contribution in [0.4, 0.5) is 0 Å². The van der Waals surface area contributed by atoms with Crippen molar-refractivity contribution < 1.29 is 14.0 Å². The lowest BCUT2D eigenvalue weighted by Gasteiger charge is -2.31. The molecule has 3 aromatic heterocycles. The van der Waals surface area contributed by atoms with Gasteiger partial charge in [-0.05, 0) is 51.3 Å². The van der Waals surface area contributed by atoms with Crippen LogP contribution in [0.5, 0.6) is 0 Å². The largest absolute Gasteiger partial charge is 0.467 e. The molecule has 1 fully saturated rings. The summed E-state index contributed by atoms with van der Waals surface area (Å²) in [5, 5.41) is 7.65. The third-order valence-corrected chi connectivity index (χ3v) is 7.26. The molecular weight excluding hydrogens is 442 g/mol. The topological polar surface area (TPSA) is 110 Å². The van der Waals surface area contributed by atoms with Crippen LogP contribution in [0.15, 0.2) is 27.6 Å². The third kappa shape index (κ3) is 4.61. The molecular formula is C23H27N5O4S. The zero-order valence-corrected chi connectivity index (χ0v) is 20.0. The predicted molar refractivity (Wildman–Crippen MR) is 124 cm³/mol. The quantitative estimate of drug-likeness (QED) is 0.615. The number of aryl methyl sites for hydroxylation is 3. The first-order valence-corrected chi connectivity index (χ1v) is 11.7. The van der Waals surface area contributed by atoms with E-state index in [1.165, 1.54) is 16.0 Å². The van der Waals surface area contributed by atoms with Crippen LogP contribution in [-0.4, -0.2) is 44.6 Å². The summed E-state index contributed by atoms with van der Waals surface area (Å²) in [7, 11) is 1.61. The Labute approximate surface area is 195 Å². The van der Waals surface area contributed by atoms with Gasteiger partial charge in [-0.25, -0.2) is 9.67 Å². The van der Waals surface area contributed by atoms with Crippen LogP contribution >= 0.6 is 11.3 Å². The molecule has 0 unspecified atom stereocenters. The van der Waals surface area contributed by atoms with Crippen molar-refractivity contribution >= 4 is 23.2 Å². The first-order chi connectivity index (χ1) is 15.8. The van der Waals surface area contributed by atoms with Crippen LogP contribution in [0.2, 0.25) is 0 Å². The molecule has 1 saturated heterocycles. The Bertz CT molecular complexity index is 1240. The maximum Gasteiger partial charge on any atom is 0.277 e. The molecule has 33 heavy (non-hydrogen) atoms. The maximum atomic E-state index is 13.2. The lowest BCUT2D eigenvalue weighted by molar-refractivity contribution is -0.126. The van der Waals surface area contributed by atoms with Gasteiger partial charge >= 0.3 is 0 Å². The second kappa shape index (κ2) is 9.30. The van der Waals surface area contributed by atoms with Crippen molar-refractivity contribution in [3.8, 4) is 10.6 Å². The van der Waals surface area contributed by atoms with Crippen molar-refractivity contribution in [2.45, 2.75) is 40.2 Å². The van der Waals surface area contributed by atoms with Crippen molar-refractivity contribution in [2.75, 3.05) is 13.1 Å². The number of rotatable bonds is 5. The highest BCUT2D eigenvalue weighted by Crippen LogP contribution is 2.30. The zero-order valence-electron chi connectivity index (χ0n) is 19.2. The molecule has 10 heteroatoms. The highest BCUT2D eigenvalue weighted by atomic mass is 32.1. The van der Waals surface area contributed by atoms with E-state index in [0.29, 0.717) is 59.4 Å². The first kappa shape index (κ1) is 22.9. The van der Waals surface area contributed by atoms with E-state index in [-0.39, 0.29) is 23.3 Å². The van der Waals surface area contributed by atoms with Crippen LogP contribution in [0.3, 0.4) is 0 Å². The third-order valence-electron chi connectivity index (χ3n) is 6.10. The standard InChI is InChI=1S/C23H27N5O4S/c1-13-14(2)26-27(4)22(30)18(13)21-25-15(3)19(33-21)23(31)28-9-7-16(8-10-28)20(29)24-12-17-6-5-11-32-17/h5-6,11,16H,7-10,12H2,1-4H3,(H,24,29). The summed E-state index contributed by atoms with van der Waals surface area (Å²) in [5.74, 6) is 0.453. The minimum atomic E-state index is -0.229. The van der Waals surface area contributed by atoms with Gasteiger partial charge in [0, 0.05) is 26.1 Å². The van der Waals surface area contributed by atoms with E-state index >= 15 is 0 Å². The first-order valence-electron chi connectivity index (χ1n) is 10.9. The number of likely N-dealkylation sites (tertiary alicyclic amines) is 1. The Kier molecular flexibility index (Phi) is 6.46. The maximum absolute atomic E-state index is 13.2. The summed E-state index contributed by atoms with van der Waals surface area (Å²) in [6.07, 6.45) is 2.78. The summed E-state index contributed by atoms with van der Waals surface area (Å²) >= 11 is 1.24. The molecule has 2 amide bonds. The van der Waals surface area contributed by atoms with Crippen LogP contribution in [0.25, 0.3) is 10.6 Å². The van der Waals surface area contributed by atoms with Gasteiger partial charge in [0.05, 0.1) is 29.8 Å². The molecule has 1 aliphatic heterocycles. The monoisotopic (exact) mass is 469 g/mol. The fourth-order valence-electron chi connectivity index (χ4n) is 4.02. The van der Waals surface area contributed by atoms with Gasteiger partial charge in [0.25, 0.3) is 11.5 Å². The molecule has 9 nitrogen and oxygen atoms in total. The number of thiazole rings is 1. The fourth-order valence-corrected chi connectivity index (χ4v) is 5.15. The van der Waals surface area contributed by atoms with E-state index in [1.807, 2.05) is 19.9 Å². The number of piperidine rings is 1. The molecule has 0 aromatic carbocycles. The van der Waals surface area contributed by atoms with Gasteiger partial charge in [0.2, 0.25) is 5.91 Å². The Balaban J connectivity index is 1.43. The molecule has 174 valence electrons. The predicted octanol–water partition coefficient (Wildman–Crippen LogP) is 2.59. The molecule has 0 spiro atoms. The number of aromatic nitrogens is 3. The van der Waals surface area contributed by atoms with Gasteiger partial charge in [0.1, 0.15) is 15.6 Å². The van der Waals surface area contributed by atoms with Crippen molar-refractivity contribution in [1.29, 1.82) is 0 Å². The van der Waals surface area contributed by atoms with Crippen LogP contribution in [0.1, 0.15) is 45.2 Å². The Hall–Kier alpha value is -3.27. The normalized spacial score (nSPS) is 14.5. The van der Waals surface area contributed by atoms with Crippen molar-refractivity contribution in [1.82, 2.24) is 25.0 Å². The van der Waals surface area contributed by atoms with Gasteiger partial charge < -0.3 is 14.6 Å². The zero-order chi connectivity index (χ0) is 23.7. The van der Waals surface area contributed by atoms with Crippen molar-refractivity contribution in [3.05, 3.63) is 56.3 Å². The second-order valence-corrected chi connectivity index (χ2v) is 9.31. The SMILES string of the molecule is Cc1nc(-c2c(C)c(C)nn(C)c2=O)sc1C(=O)N1CCC(C(=O)NCc2ccco2)CC1. The number of nitrogens with one attached hydrogen (secondary N) is 1. The average Bonchev–Trinajstić information content (AvgIpc) is 3.46. The molecule has 0 radical (unpaired) electrons. The van der Waals surface area contributed by atoms with E-state index in [2.05, 4.69) is 15.4 Å². The molecule has 3 aromatic rings. The highest BCUT2D eigenvalue weighted by Gasteiger charge is 2.30.